The van der Waals surface area contributed by atoms with Crippen molar-refractivity contribution in [2.45, 2.75) is 19.3 Å². The van der Waals surface area contributed by atoms with Gasteiger partial charge in [-0.05, 0) is 19.3 Å². The Bertz CT molecular complexity index is 111. The third-order valence-electron chi connectivity index (χ3n) is 1.86. The molecule has 0 saturated heterocycles. The highest BCUT2D eigenvalue weighted by atomic mass is 16.5. The molecule has 0 heterocycles. The van der Waals surface area contributed by atoms with E-state index in [-0.39, 0.29) is 0 Å². The molecule has 0 aromatic carbocycles. The molecule has 0 aliphatic heterocycles. The van der Waals surface area contributed by atoms with Gasteiger partial charge in [0, 0.05) is 18.7 Å². The van der Waals surface area contributed by atoms with Crippen LogP contribution in [0.3, 0.4) is 0 Å². The molecule has 0 spiro atoms. The first kappa shape index (κ1) is 6.75. The van der Waals surface area contributed by atoms with Crippen molar-refractivity contribution in [2.75, 3.05) is 13.7 Å². The molecule has 0 aromatic rings. The van der Waals surface area contributed by atoms with Crippen LogP contribution in [0.5, 0.6) is 0 Å². The molecule has 52 valence electrons. The van der Waals surface area contributed by atoms with Crippen LogP contribution in [0, 0.1) is 11.3 Å². The van der Waals surface area contributed by atoms with Crippen LogP contribution < -0.4 is 0 Å². The Kier molecular flexibility index (Phi) is 2.22. The smallest absolute Gasteiger partial charge is 0.0542 e. The monoisotopic (exact) mass is 127 g/mol. The predicted molar refractivity (Wildman–Crippen MR) is 36.9 cm³/mol. The number of nitrogens with one attached hydrogen (secondary N) is 1. The summed E-state index contributed by atoms with van der Waals surface area (Å²) < 4.78 is 4.96. The van der Waals surface area contributed by atoms with E-state index in [0.29, 0.717) is 5.92 Å². The molecule has 0 aromatic heterocycles. The average molecular weight is 127 g/mol. The SMILES string of the molecule is COC[C@H]1CCCC1=N. The minimum atomic E-state index is 0.440. The molecule has 9 heavy (non-hydrogen) atoms. The minimum absolute atomic E-state index is 0.440. The van der Waals surface area contributed by atoms with E-state index in [1.165, 1.54) is 6.42 Å². The Hall–Kier alpha value is -0.370. The molecule has 1 rings (SSSR count). The van der Waals surface area contributed by atoms with Gasteiger partial charge in [-0.3, -0.25) is 0 Å². The molecule has 0 amide bonds. The first-order valence-corrected chi connectivity index (χ1v) is 3.41. The fourth-order valence-electron chi connectivity index (χ4n) is 1.30. The number of hydrogen-bond acceptors (Lipinski definition) is 2. The summed E-state index contributed by atoms with van der Waals surface area (Å²) in [5.41, 5.74) is 0.886. The summed E-state index contributed by atoms with van der Waals surface area (Å²) in [7, 11) is 1.70. The van der Waals surface area contributed by atoms with E-state index < -0.39 is 0 Å². The lowest BCUT2D eigenvalue weighted by Crippen LogP contribution is -2.11. The molecule has 1 saturated carbocycles. The van der Waals surface area contributed by atoms with Gasteiger partial charge in [0.2, 0.25) is 0 Å². The standard InChI is InChI=1S/C7H13NO/c1-9-5-6-3-2-4-7(6)8/h6,8H,2-5H2,1H3/t6-/m1/s1. The van der Waals surface area contributed by atoms with Crippen molar-refractivity contribution in [3.8, 4) is 0 Å². The average Bonchev–Trinajstić information content (AvgIpc) is 2.18. The highest BCUT2D eigenvalue weighted by Crippen LogP contribution is 2.21. The fraction of sp³-hybridized carbons (Fsp3) is 0.857. The summed E-state index contributed by atoms with van der Waals surface area (Å²) >= 11 is 0. The van der Waals surface area contributed by atoms with Gasteiger partial charge in [-0.2, -0.15) is 0 Å². The van der Waals surface area contributed by atoms with Crippen LogP contribution in [0.25, 0.3) is 0 Å². The molecular weight excluding hydrogens is 114 g/mol. The summed E-state index contributed by atoms with van der Waals surface area (Å²) in [5.74, 6) is 0.440. The van der Waals surface area contributed by atoms with Crippen molar-refractivity contribution in [3.05, 3.63) is 0 Å². The molecule has 2 nitrogen and oxygen atoms in total. The van der Waals surface area contributed by atoms with Crippen LogP contribution in [-0.4, -0.2) is 19.4 Å². The summed E-state index contributed by atoms with van der Waals surface area (Å²) in [5, 5.41) is 7.43. The second kappa shape index (κ2) is 2.97. The first-order valence-electron chi connectivity index (χ1n) is 3.41. The second-order valence-corrected chi connectivity index (χ2v) is 2.57. The molecule has 2 heteroatoms. The summed E-state index contributed by atoms with van der Waals surface area (Å²) in [6.07, 6.45) is 3.34. The Morgan fingerprint density at radius 3 is 3.00 bits per heavy atom. The minimum Gasteiger partial charge on any atom is -0.384 e. The van der Waals surface area contributed by atoms with Gasteiger partial charge in [0.1, 0.15) is 0 Å². The largest absolute Gasteiger partial charge is 0.384 e. The third kappa shape index (κ3) is 1.52. The maximum Gasteiger partial charge on any atom is 0.0542 e. The van der Waals surface area contributed by atoms with Gasteiger partial charge in [-0.15, -0.1) is 0 Å². The maximum absolute atomic E-state index is 7.43. The third-order valence-corrected chi connectivity index (χ3v) is 1.86. The molecule has 0 bridgehead atoms. The summed E-state index contributed by atoms with van der Waals surface area (Å²) in [4.78, 5) is 0. The van der Waals surface area contributed by atoms with Crippen LogP contribution in [-0.2, 0) is 4.74 Å². The van der Waals surface area contributed by atoms with Gasteiger partial charge in [0.05, 0.1) is 6.61 Å². The van der Waals surface area contributed by atoms with Gasteiger partial charge in [-0.25, -0.2) is 0 Å². The molecule has 1 atom stereocenters. The Morgan fingerprint density at radius 2 is 2.56 bits per heavy atom. The van der Waals surface area contributed by atoms with E-state index in [1.807, 2.05) is 0 Å². The van der Waals surface area contributed by atoms with Crippen LogP contribution >= 0.6 is 0 Å². The molecular formula is C7H13NO. The van der Waals surface area contributed by atoms with Crippen LogP contribution in [0.2, 0.25) is 0 Å². The molecule has 1 aliphatic rings. The van der Waals surface area contributed by atoms with Crippen LogP contribution in [0.1, 0.15) is 19.3 Å². The molecule has 0 radical (unpaired) electrons. The Labute approximate surface area is 55.7 Å². The van der Waals surface area contributed by atoms with Gasteiger partial charge in [-0.1, -0.05) is 0 Å². The molecule has 1 N–H and O–H groups in total. The molecule has 0 unspecified atom stereocenters. The zero-order chi connectivity index (χ0) is 6.69. The van der Waals surface area contributed by atoms with Crippen molar-refractivity contribution in [1.82, 2.24) is 0 Å². The lowest BCUT2D eigenvalue weighted by atomic mass is 10.1. The lowest BCUT2D eigenvalue weighted by molar-refractivity contribution is 0.176. The van der Waals surface area contributed by atoms with Crippen molar-refractivity contribution in [2.24, 2.45) is 5.92 Å². The van der Waals surface area contributed by atoms with E-state index in [9.17, 15) is 0 Å². The van der Waals surface area contributed by atoms with Crippen molar-refractivity contribution < 1.29 is 4.74 Å². The Balaban J connectivity index is 2.31. The second-order valence-electron chi connectivity index (χ2n) is 2.57. The summed E-state index contributed by atoms with van der Waals surface area (Å²) in [6.45, 7) is 0.749. The maximum atomic E-state index is 7.43. The number of hydrogen-bond donors (Lipinski definition) is 1. The van der Waals surface area contributed by atoms with E-state index in [0.717, 1.165) is 25.2 Å². The van der Waals surface area contributed by atoms with Gasteiger partial charge < -0.3 is 10.1 Å². The normalized spacial score (nSPS) is 27.2. The van der Waals surface area contributed by atoms with E-state index in [2.05, 4.69) is 0 Å². The highest BCUT2D eigenvalue weighted by Gasteiger charge is 2.19. The molecule has 1 aliphatic carbocycles. The highest BCUT2D eigenvalue weighted by molar-refractivity contribution is 5.85. The predicted octanol–water partition coefficient (Wildman–Crippen LogP) is 1.45. The van der Waals surface area contributed by atoms with Crippen molar-refractivity contribution in [3.63, 3.8) is 0 Å². The fourth-order valence-corrected chi connectivity index (χ4v) is 1.30. The topological polar surface area (TPSA) is 33.1 Å². The van der Waals surface area contributed by atoms with Gasteiger partial charge in [0.25, 0.3) is 0 Å². The number of methoxy groups -OCH3 is 1. The van der Waals surface area contributed by atoms with E-state index in [4.69, 9.17) is 10.1 Å². The lowest BCUT2D eigenvalue weighted by Gasteiger charge is -2.05. The zero-order valence-electron chi connectivity index (χ0n) is 5.81. The Morgan fingerprint density at radius 1 is 1.78 bits per heavy atom. The van der Waals surface area contributed by atoms with Crippen molar-refractivity contribution in [1.29, 1.82) is 5.41 Å². The van der Waals surface area contributed by atoms with Gasteiger partial charge >= 0.3 is 0 Å². The van der Waals surface area contributed by atoms with Gasteiger partial charge in [0.15, 0.2) is 0 Å². The number of ether oxygens (including phenoxy) is 1. The number of rotatable bonds is 2. The quantitative estimate of drug-likeness (QED) is 0.598. The van der Waals surface area contributed by atoms with E-state index >= 15 is 0 Å². The molecule has 1 fully saturated rings. The van der Waals surface area contributed by atoms with Crippen LogP contribution in [0.4, 0.5) is 0 Å². The summed E-state index contributed by atoms with van der Waals surface area (Å²) in [6, 6.07) is 0. The first-order chi connectivity index (χ1) is 4.34. The van der Waals surface area contributed by atoms with Crippen LogP contribution in [0.15, 0.2) is 0 Å². The zero-order valence-corrected chi connectivity index (χ0v) is 5.81. The van der Waals surface area contributed by atoms with Crippen molar-refractivity contribution >= 4 is 5.71 Å². The van der Waals surface area contributed by atoms with E-state index in [1.54, 1.807) is 7.11 Å².